The third-order valence-corrected chi connectivity index (χ3v) is 4.15. The smallest absolute Gasteiger partial charge is 0.0860 e. The maximum Gasteiger partial charge on any atom is 0.0860 e. The molecule has 0 spiro atoms. The number of likely N-dealkylation sites (N-methyl/N-ethyl adjacent to an activating group) is 1. The van der Waals surface area contributed by atoms with Crippen molar-refractivity contribution >= 4 is 23.1 Å². The second-order valence-corrected chi connectivity index (χ2v) is 5.24. The van der Waals surface area contributed by atoms with Crippen molar-refractivity contribution in [2.75, 3.05) is 25.2 Å². The Hall–Kier alpha value is -0.0300. The van der Waals surface area contributed by atoms with Gasteiger partial charge >= 0.3 is 0 Å². The molecule has 2 rings (SSSR count). The van der Waals surface area contributed by atoms with Crippen LogP contribution in [0, 0.1) is 0 Å². The molecule has 1 N–H and O–H groups in total. The van der Waals surface area contributed by atoms with Gasteiger partial charge in [0.25, 0.3) is 0 Å². The molecule has 78 valence electrons. The van der Waals surface area contributed by atoms with Crippen molar-refractivity contribution in [1.82, 2.24) is 5.32 Å². The number of thioether (sulfide) groups is 1. The van der Waals surface area contributed by atoms with Crippen molar-refractivity contribution in [1.29, 1.82) is 0 Å². The number of thiophene rings is 1. The summed E-state index contributed by atoms with van der Waals surface area (Å²) < 4.78 is 5.78. The van der Waals surface area contributed by atoms with Gasteiger partial charge in [-0.3, -0.25) is 0 Å². The minimum Gasteiger partial charge on any atom is -0.375 e. The van der Waals surface area contributed by atoms with Gasteiger partial charge in [0.1, 0.15) is 0 Å². The predicted octanol–water partition coefficient (Wildman–Crippen LogP) is 2.14. The number of nitrogens with one attached hydrogen (secondary N) is 1. The van der Waals surface area contributed by atoms with Crippen LogP contribution >= 0.6 is 23.1 Å². The van der Waals surface area contributed by atoms with Crippen molar-refractivity contribution in [2.24, 2.45) is 0 Å². The summed E-state index contributed by atoms with van der Waals surface area (Å²) in [5.41, 5.74) is 1.35. The van der Waals surface area contributed by atoms with E-state index in [1.807, 2.05) is 18.8 Å². The van der Waals surface area contributed by atoms with Gasteiger partial charge in [0.2, 0.25) is 0 Å². The highest BCUT2D eigenvalue weighted by Gasteiger charge is 2.24. The second kappa shape index (κ2) is 5.16. The molecular formula is C10H15NOS2. The van der Waals surface area contributed by atoms with Gasteiger partial charge in [-0.05, 0) is 29.4 Å². The van der Waals surface area contributed by atoms with Gasteiger partial charge < -0.3 is 10.1 Å². The van der Waals surface area contributed by atoms with Crippen LogP contribution in [-0.4, -0.2) is 31.3 Å². The van der Waals surface area contributed by atoms with E-state index in [4.69, 9.17) is 4.74 Å². The fourth-order valence-electron chi connectivity index (χ4n) is 1.72. The molecule has 0 amide bonds. The quantitative estimate of drug-likeness (QED) is 0.858. The third kappa shape index (κ3) is 2.31. The van der Waals surface area contributed by atoms with Gasteiger partial charge in [0.15, 0.2) is 0 Å². The summed E-state index contributed by atoms with van der Waals surface area (Å²) in [5, 5.41) is 7.66. The van der Waals surface area contributed by atoms with E-state index in [2.05, 4.69) is 22.1 Å². The molecule has 14 heavy (non-hydrogen) atoms. The molecule has 2 unspecified atom stereocenters. The normalized spacial score (nSPS) is 24.8. The zero-order valence-electron chi connectivity index (χ0n) is 8.23. The Labute approximate surface area is 93.0 Å². The first-order valence-electron chi connectivity index (χ1n) is 4.80. The molecule has 2 atom stereocenters. The van der Waals surface area contributed by atoms with E-state index in [-0.39, 0.29) is 0 Å². The Balaban J connectivity index is 2.04. The topological polar surface area (TPSA) is 21.3 Å². The lowest BCUT2D eigenvalue weighted by Gasteiger charge is -2.29. The zero-order valence-corrected chi connectivity index (χ0v) is 9.87. The van der Waals surface area contributed by atoms with Crippen LogP contribution in [0.4, 0.5) is 0 Å². The minimum atomic E-state index is 0.327. The van der Waals surface area contributed by atoms with E-state index in [1.165, 1.54) is 5.56 Å². The lowest BCUT2D eigenvalue weighted by Crippen LogP contribution is -2.36. The number of ether oxygens (including phenoxy) is 1. The van der Waals surface area contributed by atoms with E-state index in [1.54, 1.807) is 11.3 Å². The summed E-state index contributed by atoms with van der Waals surface area (Å²) in [6.07, 6.45) is 0.327. The first-order valence-corrected chi connectivity index (χ1v) is 6.90. The molecular weight excluding hydrogens is 214 g/mol. The molecule has 1 aromatic heterocycles. The van der Waals surface area contributed by atoms with Crippen LogP contribution in [0.5, 0.6) is 0 Å². The predicted molar refractivity (Wildman–Crippen MR) is 63.2 cm³/mol. The van der Waals surface area contributed by atoms with Crippen LogP contribution in [0.25, 0.3) is 0 Å². The van der Waals surface area contributed by atoms with Gasteiger partial charge in [-0.15, -0.1) is 0 Å². The summed E-state index contributed by atoms with van der Waals surface area (Å²) in [6, 6.07) is 2.53. The Bertz CT molecular complexity index is 257. The largest absolute Gasteiger partial charge is 0.375 e. The summed E-state index contributed by atoms with van der Waals surface area (Å²) in [7, 11) is 2.00. The Morgan fingerprint density at radius 3 is 3.14 bits per heavy atom. The summed E-state index contributed by atoms with van der Waals surface area (Å²) in [6.45, 7) is 0.887. The van der Waals surface area contributed by atoms with Crippen molar-refractivity contribution < 1.29 is 4.74 Å². The first kappa shape index (κ1) is 10.5. The molecule has 0 aliphatic carbocycles. The fraction of sp³-hybridized carbons (Fsp3) is 0.600. The summed E-state index contributed by atoms with van der Waals surface area (Å²) in [5.74, 6) is 2.23. The van der Waals surface area contributed by atoms with Crippen LogP contribution in [0.3, 0.4) is 0 Å². The molecule has 2 heterocycles. The molecule has 0 bridgehead atoms. The number of hydrogen-bond donors (Lipinski definition) is 1. The SMILES string of the molecule is CNC(c1ccsc1)C1CSCCO1. The first-order chi connectivity index (χ1) is 6.92. The van der Waals surface area contributed by atoms with Crippen LogP contribution < -0.4 is 5.32 Å². The van der Waals surface area contributed by atoms with E-state index < -0.39 is 0 Å². The average Bonchev–Trinajstić information content (AvgIpc) is 2.74. The highest BCUT2D eigenvalue weighted by Crippen LogP contribution is 2.26. The molecule has 1 aliphatic heterocycles. The van der Waals surface area contributed by atoms with Gasteiger partial charge in [-0.1, -0.05) is 0 Å². The van der Waals surface area contributed by atoms with Crippen molar-refractivity contribution in [3.8, 4) is 0 Å². The third-order valence-electron chi connectivity index (χ3n) is 2.43. The molecule has 1 aromatic rings. The summed E-state index contributed by atoms with van der Waals surface area (Å²) in [4.78, 5) is 0. The Morgan fingerprint density at radius 1 is 1.64 bits per heavy atom. The molecule has 0 saturated carbocycles. The highest BCUT2D eigenvalue weighted by atomic mass is 32.2. The van der Waals surface area contributed by atoms with Gasteiger partial charge in [0.05, 0.1) is 18.8 Å². The maximum atomic E-state index is 5.78. The van der Waals surface area contributed by atoms with Crippen LogP contribution in [-0.2, 0) is 4.74 Å². The molecule has 0 aromatic carbocycles. The number of hydrogen-bond acceptors (Lipinski definition) is 4. The van der Waals surface area contributed by atoms with Crippen molar-refractivity contribution in [2.45, 2.75) is 12.1 Å². The standard InChI is InChI=1S/C10H15NOS2/c1-11-10(8-2-4-13-6-8)9-7-14-5-3-12-9/h2,4,6,9-11H,3,5,7H2,1H3. The Kier molecular flexibility index (Phi) is 3.87. The second-order valence-electron chi connectivity index (χ2n) is 3.31. The molecule has 1 aliphatic rings. The Morgan fingerprint density at radius 2 is 2.57 bits per heavy atom. The van der Waals surface area contributed by atoms with E-state index in [0.29, 0.717) is 12.1 Å². The van der Waals surface area contributed by atoms with Gasteiger partial charge in [-0.2, -0.15) is 23.1 Å². The maximum absolute atomic E-state index is 5.78. The van der Waals surface area contributed by atoms with Crippen LogP contribution in [0.2, 0.25) is 0 Å². The molecule has 0 radical (unpaired) electrons. The van der Waals surface area contributed by atoms with Gasteiger partial charge in [0, 0.05) is 11.5 Å². The molecule has 2 nitrogen and oxygen atoms in total. The molecule has 1 saturated heterocycles. The van der Waals surface area contributed by atoms with Crippen LogP contribution in [0.1, 0.15) is 11.6 Å². The van der Waals surface area contributed by atoms with E-state index in [0.717, 1.165) is 18.1 Å². The highest BCUT2D eigenvalue weighted by molar-refractivity contribution is 7.99. The monoisotopic (exact) mass is 229 g/mol. The lowest BCUT2D eigenvalue weighted by atomic mass is 10.1. The number of rotatable bonds is 3. The van der Waals surface area contributed by atoms with Crippen molar-refractivity contribution in [3.05, 3.63) is 22.4 Å². The lowest BCUT2D eigenvalue weighted by molar-refractivity contribution is 0.0489. The minimum absolute atomic E-state index is 0.327. The van der Waals surface area contributed by atoms with Gasteiger partial charge in [-0.25, -0.2) is 0 Å². The van der Waals surface area contributed by atoms with E-state index in [9.17, 15) is 0 Å². The molecule has 1 fully saturated rings. The van der Waals surface area contributed by atoms with E-state index >= 15 is 0 Å². The fourth-order valence-corrected chi connectivity index (χ4v) is 3.32. The average molecular weight is 229 g/mol. The van der Waals surface area contributed by atoms with Crippen LogP contribution in [0.15, 0.2) is 16.8 Å². The van der Waals surface area contributed by atoms with Crippen molar-refractivity contribution in [3.63, 3.8) is 0 Å². The summed E-state index contributed by atoms with van der Waals surface area (Å²) >= 11 is 3.73. The zero-order chi connectivity index (χ0) is 9.80. The molecule has 4 heteroatoms.